The van der Waals surface area contributed by atoms with Gasteiger partial charge in [0.05, 0.1) is 24.6 Å². The van der Waals surface area contributed by atoms with Crippen LogP contribution in [0.2, 0.25) is 0 Å². The Hall–Kier alpha value is -3.19. The molecule has 0 fully saturated rings. The second-order valence-corrected chi connectivity index (χ2v) is 7.62. The lowest BCUT2D eigenvalue weighted by Crippen LogP contribution is -2.24. The number of methoxy groups -OCH3 is 1. The first kappa shape index (κ1) is 20.1. The third-order valence-electron chi connectivity index (χ3n) is 4.67. The summed E-state index contributed by atoms with van der Waals surface area (Å²) in [5.41, 5.74) is 1.62. The zero-order valence-corrected chi connectivity index (χ0v) is 17.0. The van der Waals surface area contributed by atoms with E-state index >= 15 is 0 Å². The number of ether oxygens (including phenoxy) is 1. The first-order valence-corrected chi connectivity index (χ1v) is 10.2. The van der Waals surface area contributed by atoms with Crippen molar-refractivity contribution < 1.29 is 13.5 Å². The van der Waals surface area contributed by atoms with Crippen molar-refractivity contribution in [1.82, 2.24) is 9.55 Å². The zero-order chi connectivity index (χ0) is 21.1. The molecule has 152 valence electrons. The summed E-state index contributed by atoms with van der Waals surface area (Å²) in [6, 6.07) is 18.0. The Bertz CT molecular complexity index is 1270. The van der Waals surface area contributed by atoms with Gasteiger partial charge in [0.15, 0.2) is 5.16 Å². The first-order chi connectivity index (χ1) is 14.5. The van der Waals surface area contributed by atoms with E-state index in [1.54, 1.807) is 29.9 Å². The highest BCUT2D eigenvalue weighted by Crippen LogP contribution is 2.25. The van der Waals surface area contributed by atoms with Crippen LogP contribution < -0.4 is 10.3 Å². The van der Waals surface area contributed by atoms with Gasteiger partial charge < -0.3 is 4.74 Å². The maximum Gasteiger partial charge on any atom is 0.262 e. The summed E-state index contributed by atoms with van der Waals surface area (Å²) in [7, 11) is 1.58. The molecule has 30 heavy (non-hydrogen) atoms. The number of halogens is 2. The van der Waals surface area contributed by atoms with Crippen molar-refractivity contribution in [2.75, 3.05) is 7.11 Å². The van der Waals surface area contributed by atoms with Crippen molar-refractivity contribution in [3.05, 3.63) is 99.8 Å². The average molecular weight is 424 g/mol. The molecule has 0 atom stereocenters. The molecule has 0 aliphatic heterocycles. The summed E-state index contributed by atoms with van der Waals surface area (Å²) in [6.45, 7) is 0.294. The molecule has 1 heterocycles. The smallest absolute Gasteiger partial charge is 0.262 e. The predicted molar refractivity (Wildman–Crippen MR) is 114 cm³/mol. The van der Waals surface area contributed by atoms with Crippen LogP contribution in [0.5, 0.6) is 5.75 Å². The van der Waals surface area contributed by atoms with E-state index in [-0.39, 0.29) is 11.3 Å². The van der Waals surface area contributed by atoms with E-state index in [4.69, 9.17) is 4.74 Å². The van der Waals surface area contributed by atoms with Crippen molar-refractivity contribution in [3.8, 4) is 5.75 Å². The Balaban J connectivity index is 1.74. The van der Waals surface area contributed by atoms with Crippen LogP contribution in [-0.2, 0) is 12.3 Å². The first-order valence-electron chi connectivity index (χ1n) is 9.24. The molecule has 0 N–H and O–H groups in total. The normalized spacial score (nSPS) is 11.0. The summed E-state index contributed by atoms with van der Waals surface area (Å²) in [5.74, 6) is -0.337. The molecule has 7 heteroatoms. The van der Waals surface area contributed by atoms with Crippen molar-refractivity contribution in [1.29, 1.82) is 0 Å². The number of aromatic nitrogens is 2. The second kappa shape index (κ2) is 8.67. The van der Waals surface area contributed by atoms with Gasteiger partial charge in [-0.25, -0.2) is 13.8 Å². The monoisotopic (exact) mass is 424 g/mol. The molecule has 0 unspecified atom stereocenters. The number of hydrogen-bond acceptors (Lipinski definition) is 4. The molecule has 4 aromatic rings. The summed E-state index contributed by atoms with van der Waals surface area (Å²) < 4.78 is 34.1. The molecule has 1 aromatic heterocycles. The molecule has 0 saturated carbocycles. The average Bonchev–Trinajstić information content (AvgIpc) is 2.75. The molecule has 0 amide bonds. The van der Waals surface area contributed by atoms with Gasteiger partial charge in [-0.05, 0) is 41.5 Å². The Morgan fingerprint density at radius 1 is 1.03 bits per heavy atom. The topological polar surface area (TPSA) is 44.1 Å². The number of para-hydroxylation sites is 1. The number of hydrogen-bond donors (Lipinski definition) is 0. The highest BCUT2D eigenvalue weighted by Gasteiger charge is 2.14. The van der Waals surface area contributed by atoms with Gasteiger partial charge in [0, 0.05) is 11.8 Å². The number of nitrogens with zero attached hydrogens (tertiary/aromatic N) is 2. The Labute approximate surface area is 176 Å². The van der Waals surface area contributed by atoms with Crippen LogP contribution in [0.3, 0.4) is 0 Å². The van der Waals surface area contributed by atoms with Gasteiger partial charge >= 0.3 is 0 Å². The van der Waals surface area contributed by atoms with Crippen LogP contribution >= 0.6 is 11.8 Å². The fraction of sp³-hybridized carbons (Fsp3) is 0.130. The maximum atomic E-state index is 14.1. The van der Waals surface area contributed by atoms with E-state index in [0.29, 0.717) is 33.9 Å². The molecule has 0 aliphatic carbocycles. The lowest BCUT2D eigenvalue weighted by Gasteiger charge is -2.14. The molecule has 0 aliphatic rings. The van der Waals surface area contributed by atoms with Gasteiger partial charge in [0.1, 0.15) is 17.4 Å². The van der Waals surface area contributed by atoms with Gasteiger partial charge in [0.25, 0.3) is 5.56 Å². The molecule has 3 aromatic carbocycles. The number of fused-ring (bicyclic) bond motifs is 1. The molecule has 0 bridgehead atoms. The summed E-state index contributed by atoms with van der Waals surface area (Å²) >= 11 is 1.24. The van der Waals surface area contributed by atoms with Crippen LogP contribution in [0.4, 0.5) is 8.78 Å². The summed E-state index contributed by atoms with van der Waals surface area (Å²) in [5, 5.41) is 0.975. The lowest BCUT2D eigenvalue weighted by atomic mass is 10.2. The molecule has 0 saturated heterocycles. The Morgan fingerprint density at radius 2 is 1.87 bits per heavy atom. The van der Waals surface area contributed by atoms with E-state index in [0.717, 1.165) is 11.6 Å². The highest BCUT2D eigenvalue weighted by atomic mass is 32.2. The van der Waals surface area contributed by atoms with E-state index in [1.165, 1.54) is 23.9 Å². The van der Waals surface area contributed by atoms with Crippen LogP contribution in [0.25, 0.3) is 10.9 Å². The molecule has 4 rings (SSSR count). The third kappa shape index (κ3) is 4.21. The van der Waals surface area contributed by atoms with Crippen molar-refractivity contribution in [3.63, 3.8) is 0 Å². The van der Waals surface area contributed by atoms with Gasteiger partial charge in [0.2, 0.25) is 0 Å². The van der Waals surface area contributed by atoms with Gasteiger partial charge in [-0.1, -0.05) is 42.1 Å². The van der Waals surface area contributed by atoms with Gasteiger partial charge in [-0.15, -0.1) is 0 Å². The van der Waals surface area contributed by atoms with Crippen molar-refractivity contribution >= 4 is 22.7 Å². The zero-order valence-electron chi connectivity index (χ0n) is 16.1. The molecule has 4 nitrogen and oxygen atoms in total. The number of rotatable bonds is 6. The number of benzene rings is 3. The summed E-state index contributed by atoms with van der Waals surface area (Å²) in [4.78, 5) is 17.8. The minimum atomic E-state index is -0.625. The van der Waals surface area contributed by atoms with Crippen LogP contribution in [0.15, 0.2) is 76.7 Å². The minimum Gasteiger partial charge on any atom is -0.497 e. The van der Waals surface area contributed by atoms with Crippen LogP contribution in [0, 0.1) is 11.6 Å². The van der Waals surface area contributed by atoms with Crippen LogP contribution in [0.1, 0.15) is 11.1 Å². The molecular weight excluding hydrogens is 406 g/mol. The largest absolute Gasteiger partial charge is 0.497 e. The van der Waals surface area contributed by atoms with Gasteiger partial charge in [-0.3, -0.25) is 9.36 Å². The Kier molecular flexibility index (Phi) is 5.81. The summed E-state index contributed by atoms with van der Waals surface area (Å²) in [6.07, 6.45) is 0. The quantitative estimate of drug-likeness (QED) is 0.322. The number of thioether (sulfide) groups is 1. The van der Waals surface area contributed by atoms with E-state index in [1.807, 2.05) is 30.3 Å². The fourth-order valence-electron chi connectivity index (χ4n) is 3.13. The molecule has 0 radical (unpaired) electrons. The molecular formula is C23H18F2N2O2S. The Morgan fingerprint density at radius 3 is 2.67 bits per heavy atom. The van der Waals surface area contributed by atoms with Crippen molar-refractivity contribution in [2.45, 2.75) is 17.5 Å². The fourth-order valence-corrected chi connectivity index (χ4v) is 4.12. The van der Waals surface area contributed by atoms with Crippen molar-refractivity contribution in [2.24, 2.45) is 0 Å². The predicted octanol–water partition coefficient (Wildman–Crippen LogP) is 5.02. The SMILES string of the molecule is COc1cccc(Cn2c(SCc3ccc(F)cc3F)nc3ccccc3c2=O)c1. The minimum absolute atomic E-state index is 0.175. The maximum absolute atomic E-state index is 14.1. The molecule has 0 spiro atoms. The lowest BCUT2D eigenvalue weighted by molar-refractivity contribution is 0.414. The van der Waals surface area contributed by atoms with Gasteiger partial charge in [-0.2, -0.15) is 0 Å². The van der Waals surface area contributed by atoms with E-state index < -0.39 is 11.6 Å². The van der Waals surface area contributed by atoms with E-state index in [2.05, 4.69) is 4.98 Å². The van der Waals surface area contributed by atoms with Crippen LogP contribution in [-0.4, -0.2) is 16.7 Å². The third-order valence-corrected chi connectivity index (χ3v) is 5.70. The van der Waals surface area contributed by atoms with E-state index in [9.17, 15) is 13.6 Å². The standard InChI is InChI=1S/C23H18F2N2O2S/c1-29-18-6-4-5-15(11-18)13-27-22(28)19-7-2-3-8-21(19)26-23(27)30-14-16-9-10-17(24)12-20(16)25/h2-12H,13-14H2,1H3. The highest BCUT2D eigenvalue weighted by molar-refractivity contribution is 7.98. The second-order valence-electron chi connectivity index (χ2n) is 6.68.